The fraction of sp³-hybridized carbons (Fsp3) is 0.526. The lowest BCUT2D eigenvalue weighted by atomic mass is 10.1. The highest BCUT2D eigenvalue weighted by atomic mass is 16.5. The molecule has 0 spiro atoms. The predicted molar refractivity (Wildman–Crippen MR) is 103 cm³/mol. The smallest absolute Gasteiger partial charge is 0.326 e. The Labute approximate surface area is 156 Å². The van der Waals surface area contributed by atoms with Gasteiger partial charge in [0.15, 0.2) is 0 Å². The van der Waals surface area contributed by atoms with E-state index in [1.165, 1.54) is 0 Å². The summed E-state index contributed by atoms with van der Waals surface area (Å²) in [7, 11) is 0. The zero-order valence-electron chi connectivity index (χ0n) is 15.1. The summed E-state index contributed by atoms with van der Waals surface area (Å²) < 4.78 is 11.4. The lowest BCUT2D eigenvalue weighted by Gasteiger charge is -2.28. The number of aromatic nitrogens is 1. The molecule has 144 valence electrons. The zero-order chi connectivity index (χ0) is 18.4. The van der Waals surface area contributed by atoms with E-state index in [0.29, 0.717) is 19.8 Å². The highest BCUT2D eigenvalue weighted by Gasteiger charge is 2.36. The molecule has 1 aliphatic carbocycles. The van der Waals surface area contributed by atoms with Gasteiger partial charge in [-0.2, -0.15) is 0 Å². The van der Waals surface area contributed by atoms with Crippen LogP contribution in [0.25, 0.3) is 10.9 Å². The molecule has 3 heterocycles. The van der Waals surface area contributed by atoms with Crippen LogP contribution in [-0.4, -0.2) is 61.6 Å². The first kappa shape index (κ1) is 16.6. The van der Waals surface area contributed by atoms with Crippen LogP contribution in [-0.2, 0) is 9.53 Å². The van der Waals surface area contributed by atoms with Crippen LogP contribution >= 0.6 is 0 Å². The molecule has 1 saturated heterocycles. The van der Waals surface area contributed by atoms with E-state index in [0.717, 1.165) is 66.3 Å². The Kier molecular flexibility index (Phi) is 4.00. The highest BCUT2D eigenvalue weighted by Crippen LogP contribution is 2.43. The number of hydrogen-bond donors (Lipinski definition) is 4. The van der Waals surface area contributed by atoms with E-state index in [9.17, 15) is 9.90 Å². The van der Waals surface area contributed by atoms with Crippen molar-refractivity contribution in [2.45, 2.75) is 18.9 Å². The Morgan fingerprint density at radius 1 is 1.26 bits per heavy atom. The molecule has 2 aliphatic heterocycles. The van der Waals surface area contributed by atoms with Gasteiger partial charge in [-0.25, -0.2) is 4.79 Å². The van der Waals surface area contributed by atoms with Crippen molar-refractivity contribution in [2.24, 2.45) is 5.92 Å². The van der Waals surface area contributed by atoms with Crippen molar-refractivity contribution < 1.29 is 19.4 Å². The van der Waals surface area contributed by atoms with Crippen molar-refractivity contribution >= 4 is 34.1 Å². The minimum absolute atomic E-state index is 0.211. The van der Waals surface area contributed by atoms with Crippen LogP contribution in [0.15, 0.2) is 12.1 Å². The number of hydrogen-bond acceptors (Lipinski definition) is 6. The quantitative estimate of drug-likeness (QED) is 0.638. The molecule has 1 aromatic carbocycles. The average Bonchev–Trinajstić information content (AvgIpc) is 3.47. The Balaban J connectivity index is 1.55. The number of benzene rings is 1. The monoisotopic (exact) mass is 372 g/mol. The molecular weight excluding hydrogens is 348 g/mol. The van der Waals surface area contributed by atoms with Gasteiger partial charge < -0.3 is 35.1 Å². The maximum atomic E-state index is 11.6. The van der Waals surface area contributed by atoms with Crippen molar-refractivity contribution in [3.63, 3.8) is 0 Å². The largest absolute Gasteiger partial charge is 0.491 e. The second-order valence-corrected chi connectivity index (χ2v) is 7.42. The third-order valence-corrected chi connectivity index (χ3v) is 5.51. The van der Waals surface area contributed by atoms with Gasteiger partial charge in [0.25, 0.3) is 0 Å². The van der Waals surface area contributed by atoms with E-state index >= 15 is 0 Å². The van der Waals surface area contributed by atoms with Crippen molar-refractivity contribution in [1.29, 1.82) is 0 Å². The first-order chi connectivity index (χ1) is 13.2. The molecule has 2 fully saturated rings. The molecule has 2 aromatic rings. The lowest BCUT2D eigenvalue weighted by Crippen LogP contribution is -2.36. The summed E-state index contributed by atoms with van der Waals surface area (Å²) in [5, 5.41) is 17.3. The van der Waals surface area contributed by atoms with Gasteiger partial charge in [0.1, 0.15) is 24.2 Å². The zero-order valence-corrected chi connectivity index (χ0v) is 15.1. The van der Waals surface area contributed by atoms with Crippen molar-refractivity contribution in [3.05, 3.63) is 12.1 Å². The van der Waals surface area contributed by atoms with E-state index in [1.807, 2.05) is 12.1 Å². The van der Waals surface area contributed by atoms with E-state index < -0.39 is 12.0 Å². The molecule has 8 nitrogen and oxygen atoms in total. The van der Waals surface area contributed by atoms with E-state index in [2.05, 4.69) is 20.5 Å². The van der Waals surface area contributed by atoms with Crippen LogP contribution in [0.2, 0.25) is 0 Å². The minimum Gasteiger partial charge on any atom is -0.491 e. The number of anilines is 3. The summed E-state index contributed by atoms with van der Waals surface area (Å²) in [6.07, 6.45) is 1.93. The van der Waals surface area contributed by atoms with Crippen molar-refractivity contribution in [2.75, 3.05) is 55.0 Å². The normalized spacial score (nSPS) is 20.5. The number of nitrogens with one attached hydrogen (secondary N) is 3. The van der Waals surface area contributed by atoms with Crippen molar-refractivity contribution in [1.82, 2.24) is 4.98 Å². The second-order valence-electron chi connectivity index (χ2n) is 7.42. The van der Waals surface area contributed by atoms with Gasteiger partial charge in [0, 0.05) is 31.4 Å². The SMILES string of the molecule is O=C(O)[C@@H](Nc1cc2c3c(c(N4CCOCC4)[nH]c3c1)NCCO2)C1CC1. The van der Waals surface area contributed by atoms with E-state index in [1.54, 1.807) is 0 Å². The highest BCUT2D eigenvalue weighted by molar-refractivity contribution is 6.05. The van der Waals surface area contributed by atoms with Gasteiger partial charge in [0.05, 0.1) is 29.8 Å². The molecule has 1 aromatic heterocycles. The van der Waals surface area contributed by atoms with Crippen LogP contribution in [0.1, 0.15) is 12.8 Å². The number of aromatic amines is 1. The number of ether oxygens (including phenoxy) is 2. The van der Waals surface area contributed by atoms with Crippen LogP contribution in [0, 0.1) is 5.92 Å². The fourth-order valence-electron chi connectivity index (χ4n) is 4.00. The van der Waals surface area contributed by atoms with Crippen molar-refractivity contribution in [3.8, 4) is 5.75 Å². The molecule has 0 unspecified atom stereocenters. The molecule has 1 saturated carbocycles. The Morgan fingerprint density at radius 3 is 2.81 bits per heavy atom. The van der Waals surface area contributed by atoms with Gasteiger partial charge >= 0.3 is 5.97 Å². The standard InChI is InChI=1S/C19H24N4O4/c24-19(25)16(11-1-2-11)21-12-9-13-15-14(10-12)27-6-3-20-17(15)18(22-13)23-4-7-26-8-5-23/h9-11,16,20-22H,1-8H2,(H,24,25)/t16-/m0/s1. The molecule has 0 amide bonds. The number of H-pyrrole nitrogens is 1. The number of rotatable bonds is 5. The van der Waals surface area contributed by atoms with Gasteiger partial charge in [0.2, 0.25) is 0 Å². The third kappa shape index (κ3) is 3.03. The number of morpholine rings is 1. The maximum Gasteiger partial charge on any atom is 0.326 e. The third-order valence-electron chi connectivity index (χ3n) is 5.51. The van der Waals surface area contributed by atoms with Crippen LogP contribution in [0.4, 0.5) is 17.2 Å². The lowest BCUT2D eigenvalue weighted by molar-refractivity contribution is -0.138. The summed E-state index contributed by atoms with van der Waals surface area (Å²) in [5.41, 5.74) is 2.78. The molecular formula is C19H24N4O4. The number of carboxylic acids is 1. The van der Waals surface area contributed by atoms with Gasteiger partial charge in [-0.1, -0.05) is 0 Å². The van der Waals surface area contributed by atoms with Crippen LogP contribution < -0.4 is 20.3 Å². The van der Waals surface area contributed by atoms with Crippen LogP contribution in [0.5, 0.6) is 5.75 Å². The predicted octanol–water partition coefficient (Wildman–Crippen LogP) is 2.08. The fourth-order valence-corrected chi connectivity index (χ4v) is 4.00. The molecule has 8 heteroatoms. The summed E-state index contributed by atoms with van der Waals surface area (Å²) in [6, 6.07) is 3.36. The van der Waals surface area contributed by atoms with Gasteiger partial charge in [-0.05, 0) is 24.8 Å². The number of aliphatic carboxylic acids is 1. The molecule has 0 radical (unpaired) electrons. The first-order valence-corrected chi connectivity index (χ1v) is 9.59. The average molecular weight is 372 g/mol. The number of carbonyl (C=O) groups is 1. The Morgan fingerprint density at radius 2 is 2.07 bits per heavy atom. The summed E-state index contributed by atoms with van der Waals surface area (Å²) in [6.45, 7) is 4.40. The molecule has 1 atom stereocenters. The molecule has 0 bridgehead atoms. The Hall–Kier alpha value is -2.61. The maximum absolute atomic E-state index is 11.6. The van der Waals surface area contributed by atoms with Gasteiger partial charge in [-0.15, -0.1) is 0 Å². The van der Waals surface area contributed by atoms with Crippen LogP contribution in [0.3, 0.4) is 0 Å². The van der Waals surface area contributed by atoms with E-state index in [4.69, 9.17) is 9.47 Å². The molecule has 27 heavy (non-hydrogen) atoms. The topological polar surface area (TPSA) is 98.9 Å². The summed E-state index contributed by atoms with van der Waals surface area (Å²) in [4.78, 5) is 17.4. The summed E-state index contributed by atoms with van der Waals surface area (Å²) >= 11 is 0. The molecule has 3 aliphatic rings. The van der Waals surface area contributed by atoms with E-state index in [-0.39, 0.29) is 5.92 Å². The van der Waals surface area contributed by atoms with Gasteiger partial charge in [-0.3, -0.25) is 0 Å². The number of nitrogens with zero attached hydrogens (tertiary/aromatic N) is 1. The second kappa shape index (κ2) is 6.53. The first-order valence-electron chi connectivity index (χ1n) is 9.59. The molecule has 4 N–H and O–H groups in total. The summed E-state index contributed by atoms with van der Waals surface area (Å²) in [5.74, 6) is 1.25. The number of carboxylic acid groups (broad SMARTS) is 1. The Bertz CT molecular complexity index is 870. The molecule has 5 rings (SSSR count). The minimum atomic E-state index is -0.799.